The van der Waals surface area contributed by atoms with Gasteiger partial charge >= 0.3 is 0 Å². The van der Waals surface area contributed by atoms with Crippen LogP contribution >= 0.6 is 45.8 Å². The van der Waals surface area contributed by atoms with Crippen molar-refractivity contribution in [2.75, 3.05) is 11.1 Å². The number of nitrogens with one attached hydrogen (secondary N) is 2. The molecule has 2 N–H and O–H groups in total. The Morgan fingerprint density at radius 1 is 1.11 bits per heavy atom. The van der Waals surface area contributed by atoms with E-state index < -0.39 is 0 Å². The summed E-state index contributed by atoms with van der Waals surface area (Å²) in [5, 5.41) is 21.7. The van der Waals surface area contributed by atoms with Gasteiger partial charge in [0.25, 0.3) is 0 Å². The number of carbonyl (C=O) groups excluding carboxylic acids is 2. The maximum absolute atomic E-state index is 12.5. The third-order valence-electron chi connectivity index (χ3n) is 5.78. The molecule has 13 heteroatoms. The number of amidine groups is 1. The summed E-state index contributed by atoms with van der Waals surface area (Å²) in [6.45, 7) is 5.97. The molecule has 2 amide bonds. The predicted octanol–water partition coefficient (Wildman–Crippen LogP) is 5.28. The van der Waals surface area contributed by atoms with Crippen LogP contribution in [0.4, 0.5) is 5.13 Å². The van der Waals surface area contributed by atoms with Gasteiger partial charge in [0.2, 0.25) is 16.9 Å². The molecular weight excluding hydrogens is 547 g/mol. The Hall–Kier alpha value is -2.48. The SMILES string of the molecule is C=C(CC)N=C(NC(=O)Cc1nccs1)SCC1CCCC(c2nnc(NC(=O)Cc3nccs3)s2)C1. The molecule has 0 bridgehead atoms. The van der Waals surface area contributed by atoms with Crippen molar-refractivity contribution in [1.82, 2.24) is 25.5 Å². The number of anilines is 1. The number of hydrogen-bond acceptors (Lipinski definition) is 11. The summed E-state index contributed by atoms with van der Waals surface area (Å²) in [5.41, 5.74) is 0.733. The van der Waals surface area contributed by atoms with Gasteiger partial charge in [-0.05, 0) is 31.6 Å². The van der Waals surface area contributed by atoms with Crippen LogP contribution in [-0.2, 0) is 22.4 Å². The van der Waals surface area contributed by atoms with Gasteiger partial charge in [-0.3, -0.25) is 9.59 Å². The molecule has 4 rings (SSSR count). The standard InChI is InChI=1S/C24H29N7O2S4/c1-3-15(2)27-23(28-18(32)12-20-25-7-9-34-20)36-14-16-5-4-6-17(11-16)22-30-31-24(37-22)29-19(33)13-21-26-8-10-35-21/h7-10,16-17H,2-6,11-14H2,1H3,(H,27,28,32)(H,29,31,33). The first kappa shape index (κ1) is 27.6. The maximum atomic E-state index is 12.5. The van der Waals surface area contributed by atoms with Crippen LogP contribution < -0.4 is 10.6 Å². The van der Waals surface area contributed by atoms with E-state index in [0.29, 0.717) is 22.1 Å². The fourth-order valence-electron chi connectivity index (χ4n) is 3.91. The average molecular weight is 576 g/mol. The lowest BCUT2D eigenvalue weighted by Gasteiger charge is -2.27. The molecule has 0 radical (unpaired) electrons. The van der Waals surface area contributed by atoms with E-state index in [1.54, 1.807) is 24.2 Å². The lowest BCUT2D eigenvalue weighted by molar-refractivity contribution is -0.119. The van der Waals surface area contributed by atoms with Gasteiger partial charge in [-0.15, -0.1) is 32.9 Å². The molecule has 196 valence electrons. The normalized spacial score (nSPS) is 17.9. The molecule has 3 aromatic heterocycles. The van der Waals surface area contributed by atoms with E-state index >= 15 is 0 Å². The van der Waals surface area contributed by atoms with Gasteiger partial charge in [-0.1, -0.05) is 43.0 Å². The van der Waals surface area contributed by atoms with Crippen LogP contribution in [0.1, 0.15) is 60.0 Å². The molecular formula is C24H29N7O2S4. The number of thioether (sulfide) groups is 1. The highest BCUT2D eigenvalue weighted by Gasteiger charge is 2.27. The van der Waals surface area contributed by atoms with Gasteiger partial charge in [0.1, 0.15) is 15.0 Å². The highest BCUT2D eigenvalue weighted by atomic mass is 32.2. The molecule has 0 spiro atoms. The van der Waals surface area contributed by atoms with E-state index in [1.165, 1.54) is 34.0 Å². The minimum absolute atomic E-state index is 0.120. The number of rotatable bonds is 10. The number of allylic oxidation sites excluding steroid dienone is 1. The topological polar surface area (TPSA) is 122 Å². The van der Waals surface area contributed by atoms with Crippen LogP contribution in [0.2, 0.25) is 0 Å². The monoisotopic (exact) mass is 575 g/mol. The molecule has 3 heterocycles. The molecule has 1 aliphatic rings. The van der Waals surface area contributed by atoms with Crippen LogP contribution in [-0.4, -0.2) is 42.9 Å². The summed E-state index contributed by atoms with van der Waals surface area (Å²) < 4.78 is 0. The molecule has 0 saturated heterocycles. The van der Waals surface area contributed by atoms with Gasteiger partial charge in [0.15, 0.2) is 5.17 Å². The molecule has 0 aromatic carbocycles. The van der Waals surface area contributed by atoms with Gasteiger partial charge < -0.3 is 10.6 Å². The molecule has 2 unspecified atom stereocenters. The lowest BCUT2D eigenvalue weighted by atomic mass is 9.83. The minimum Gasteiger partial charge on any atom is -0.305 e. The van der Waals surface area contributed by atoms with Crippen molar-refractivity contribution in [2.24, 2.45) is 10.9 Å². The Labute approximate surface area is 232 Å². The quantitative estimate of drug-likeness (QED) is 0.249. The lowest BCUT2D eigenvalue weighted by Crippen LogP contribution is -2.31. The third-order valence-corrected chi connectivity index (χ3v) is 9.44. The molecule has 1 saturated carbocycles. The number of nitrogens with zero attached hydrogens (tertiary/aromatic N) is 5. The first-order chi connectivity index (χ1) is 18.0. The molecule has 3 aromatic rings. The smallest absolute Gasteiger partial charge is 0.233 e. The van der Waals surface area contributed by atoms with Crippen LogP contribution in [0.5, 0.6) is 0 Å². The van der Waals surface area contributed by atoms with E-state index in [1.807, 2.05) is 17.7 Å². The number of amides is 2. The van der Waals surface area contributed by atoms with E-state index in [0.717, 1.165) is 58.6 Å². The second-order valence-electron chi connectivity index (χ2n) is 8.62. The van der Waals surface area contributed by atoms with Crippen molar-refractivity contribution < 1.29 is 9.59 Å². The van der Waals surface area contributed by atoms with E-state index in [2.05, 4.69) is 42.4 Å². The first-order valence-corrected chi connectivity index (χ1v) is 15.6. The van der Waals surface area contributed by atoms with Crippen LogP contribution in [0.25, 0.3) is 0 Å². The number of aliphatic imine (C=N–C) groups is 1. The fraction of sp³-hybridized carbons (Fsp3) is 0.458. The van der Waals surface area contributed by atoms with Crippen LogP contribution in [0.3, 0.4) is 0 Å². The first-order valence-electron chi connectivity index (χ1n) is 12.1. The van der Waals surface area contributed by atoms with Crippen LogP contribution in [0.15, 0.2) is 40.4 Å². The summed E-state index contributed by atoms with van der Waals surface area (Å²) in [5.74, 6) is 1.37. The number of carbonyl (C=O) groups is 2. The maximum Gasteiger partial charge on any atom is 0.233 e. The van der Waals surface area contributed by atoms with Crippen molar-refractivity contribution >= 4 is 67.9 Å². The zero-order valence-electron chi connectivity index (χ0n) is 20.5. The highest BCUT2D eigenvalue weighted by Crippen LogP contribution is 2.39. The van der Waals surface area contributed by atoms with Crippen molar-refractivity contribution in [3.05, 3.63) is 50.5 Å². The van der Waals surface area contributed by atoms with Crippen molar-refractivity contribution in [1.29, 1.82) is 0 Å². The number of aromatic nitrogens is 4. The molecule has 0 aliphatic heterocycles. The molecule has 37 heavy (non-hydrogen) atoms. The van der Waals surface area contributed by atoms with E-state index in [4.69, 9.17) is 0 Å². The second kappa shape index (κ2) is 13.9. The summed E-state index contributed by atoms with van der Waals surface area (Å²) in [6.07, 6.45) is 8.86. The van der Waals surface area contributed by atoms with Crippen molar-refractivity contribution in [3.8, 4) is 0 Å². The molecule has 1 aliphatic carbocycles. The zero-order valence-corrected chi connectivity index (χ0v) is 23.8. The van der Waals surface area contributed by atoms with E-state index in [9.17, 15) is 9.59 Å². The molecule has 1 fully saturated rings. The Balaban J connectivity index is 1.29. The molecule has 9 nitrogen and oxygen atoms in total. The fourth-order valence-corrected chi connectivity index (χ4v) is 7.13. The Bertz CT molecular complexity index is 1210. The van der Waals surface area contributed by atoms with Crippen LogP contribution in [0, 0.1) is 5.92 Å². The third kappa shape index (κ3) is 8.80. The zero-order chi connectivity index (χ0) is 26.0. The average Bonchev–Trinajstić information content (AvgIpc) is 3.67. The number of hydrogen-bond donors (Lipinski definition) is 2. The largest absolute Gasteiger partial charge is 0.305 e. The van der Waals surface area contributed by atoms with E-state index in [-0.39, 0.29) is 24.7 Å². The van der Waals surface area contributed by atoms with Gasteiger partial charge in [0, 0.05) is 40.5 Å². The second-order valence-corrected chi connectivity index (χ2v) is 12.6. The van der Waals surface area contributed by atoms with Gasteiger partial charge in [-0.25, -0.2) is 15.0 Å². The Kier molecular flexibility index (Phi) is 10.3. The highest BCUT2D eigenvalue weighted by molar-refractivity contribution is 8.13. The Morgan fingerprint density at radius 2 is 1.84 bits per heavy atom. The minimum atomic E-state index is -0.132. The predicted molar refractivity (Wildman–Crippen MR) is 152 cm³/mol. The summed E-state index contributed by atoms with van der Waals surface area (Å²) in [7, 11) is 0. The summed E-state index contributed by atoms with van der Waals surface area (Å²) in [6, 6.07) is 0. The molecule has 2 atom stereocenters. The van der Waals surface area contributed by atoms with Gasteiger partial charge in [-0.2, -0.15) is 0 Å². The van der Waals surface area contributed by atoms with Crippen molar-refractivity contribution in [2.45, 2.75) is 57.8 Å². The summed E-state index contributed by atoms with van der Waals surface area (Å²) >= 11 is 5.95. The Morgan fingerprint density at radius 3 is 2.51 bits per heavy atom. The van der Waals surface area contributed by atoms with Crippen molar-refractivity contribution in [3.63, 3.8) is 0 Å². The van der Waals surface area contributed by atoms with Gasteiger partial charge in [0.05, 0.1) is 12.8 Å². The summed E-state index contributed by atoms with van der Waals surface area (Å²) in [4.78, 5) is 37.7. The number of thiazole rings is 2.